The summed E-state index contributed by atoms with van der Waals surface area (Å²) in [6.07, 6.45) is 0. The molecule has 2 heterocycles. The van der Waals surface area contributed by atoms with Crippen LogP contribution in [0.5, 0.6) is 0 Å². The molecule has 0 spiro atoms. The van der Waals surface area contributed by atoms with E-state index >= 15 is 0 Å². The minimum Gasteiger partial charge on any atom is -0.310 e. The summed E-state index contributed by atoms with van der Waals surface area (Å²) in [6.45, 7) is 0. The summed E-state index contributed by atoms with van der Waals surface area (Å²) in [4.78, 5) is 22.2. The molecule has 1 fully saturated rings. The number of amides is 1. The van der Waals surface area contributed by atoms with Crippen molar-refractivity contribution in [2.75, 3.05) is 0 Å². The Balaban J connectivity index is 0.00000147. The Morgan fingerprint density at radius 2 is 2.05 bits per heavy atom. The molecule has 1 saturated heterocycles. The largest absolute Gasteiger partial charge is 1.00 e. The molecule has 0 aliphatic carbocycles. The summed E-state index contributed by atoms with van der Waals surface area (Å²) in [5, 5.41) is 12.9. The maximum Gasteiger partial charge on any atom is 1.00 e. The second-order valence-electron chi connectivity index (χ2n) is 3.67. The first-order valence-electron chi connectivity index (χ1n) is 4.99. The number of aromatic nitrogens is 2. The van der Waals surface area contributed by atoms with Crippen LogP contribution >= 0.6 is 35.7 Å². The molecule has 0 saturated carbocycles. The maximum atomic E-state index is 11.8. The van der Waals surface area contributed by atoms with Gasteiger partial charge in [-0.1, -0.05) is 24.0 Å². The first-order chi connectivity index (χ1) is 9.08. The van der Waals surface area contributed by atoms with E-state index in [1.54, 1.807) is 0 Å². The molecule has 20 heavy (non-hydrogen) atoms. The van der Waals surface area contributed by atoms with E-state index in [0.717, 1.165) is 11.7 Å². The molecule has 1 aliphatic heterocycles. The fraction of sp³-hybridized carbons (Fsp3) is 0.111. The number of nitrogens with zero attached hydrogens (tertiary/aromatic N) is 3. The fourth-order valence-electron chi connectivity index (χ4n) is 1.79. The number of nitrogens with one attached hydrogen (secondary N) is 1. The predicted octanol–water partition coefficient (Wildman–Crippen LogP) is -1.21. The zero-order valence-corrected chi connectivity index (χ0v) is 14.5. The standard InChI is InChI=1S/C9H4N4O3S3.Na/c14-8-7(18-9(17)10-8)3-1-2-4(13(15)16)6-5(3)11-19-12-6;/h1-2,7H,(H,10,14,17);/q;+1. The summed E-state index contributed by atoms with van der Waals surface area (Å²) in [6, 6.07) is 2.88. The number of thiocarbonyl (C=S) groups is 1. The Labute approximate surface area is 148 Å². The number of nitro groups is 1. The van der Waals surface area contributed by atoms with Crippen molar-refractivity contribution < 1.29 is 39.3 Å². The third kappa shape index (κ3) is 2.59. The van der Waals surface area contributed by atoms with Gasteiger partial charge >= 0.3 is 29.6 Å². The van der Waals surface area contributed by atoms with Gasteiger partial charge in [0.1, 0.15) is 15.1 Å². The molecule has 0 radical (unpaired) electrons. The third-order valence-corrected chi connectivity index (χ3v) is 4.53. The topological polar surface area (TPSA) is 98.0 Å². The van der Waals surface area contributed by atoms with Gasteiger partial charge in [-0.3, -0.25) is 14.9 Å². The molecule has 96 valence electrons. The second kappa shape index (κ2) is 6.00. The van der Waals surface area contributed by atoms with E-state index in [2.05, 4.69) is 14.1 Å². The van der Waals surface area contributed by atoms with Crippen LogP contribution in [0.1, 0.15) is 10.8 Å². The van der Waals surface area contributed by atoms with Crippen LogP contribution < -0.4 is 34.9 Å². The van der Waals surface area contributed by atoms with E-state index in [1.165, 1.54) is 23.9 Å². The van der Waals surface area contributed by atoms with Crippen LogP contribution in [0.3, 0.4) is 0 Å². The number of hydrogen-bond donors (Lipinski definition) is 1. The van der Waals surface area contributed by atoms with Crippen LogP contribution in [0.15, 0.2) is 12.1 Å². The van der Waals surface area contributed by atoms with Crippen molar-refractivity contribution in [3.8, 4) is 0 Å². The molecule has 1 unspecified atom stereocenters. The molecule has 2 aromatic rings. The van der Waals surface area contributed by atoms with E-state index in [1.807, 2.05) is 0 Å². The number of rotatable bonds is 2. The Hall–Kier alpha value is -0.650. The molecule has 3 rings (SSSR count). The number of carbonyl (C=O) groups is 1. The molecule has 1 aliphatic rings. The zero-order valence-electron chi connectivity index (χ0n) is 10.0. The van der Waals surface area contributed by atoms with Crippen LogP contribution in [0.2, 0.25) is 0 Å². The van der Waals surface area contributed by atoms with Gasteiger partial charge in [0.25, 0.3) is 5.69 Å². The molecule has 1 aromatic heterocycles. The van der Waals surface area contributed by atoms with Crippen molar-refractivity contribution in [1.29, 1.82) is 0 Å². The van der Waals surface area contributed by atoms with Gasteiger partial charge in [-0.2, -0.15) is 8.75 Å². The molecule has 1 aromatic carbocycles. The normalized spacial score (nSPS) is 17.9. The average Bonchev–Trinajstić information content (AvgIpc) is 2.94. The van der Waals surface area contributed by atoms with Crippen molar-refractivity contribution in [2.24, 2.45) is 0 Å². The van der Waals surface area contributed by atoms with Gasteiger partial charge in [-0.15, -0.1) is 0 Å². The van der Waals surface area contributed by atoms with Crippen LogP contribution in [0.25, 0.3) is 11.0 Å². The zero-order chi connectivity index (χ0) is 13.6. The predicted molar refractivity (Wildman–Crippen MR) is 75.1 cm³/mol. The van der Waals surface area contributed by atoms with E-state index in [9.17, 15) is 14.9 Å². The number of nitro benzene ring substituents is 1. The van der Waals surface area contributed by atoms with Gasteiger partial charge in [-0.25, -0.2) is 0 Å². The van der Waals surface area contributed by atoms with Gasteiger partial charge < -0.3 is 5.32 Å². The molecule has 0 bridgehead atoms. The molecule has 11 heteroatoms. The Kier molecular flexibility index (Phi) is 4.72. The van der Waals surface area contributed by atoms with Crippen molar-refractivity contribution in [3.05, 3.63) is 27.8 Å². The number of carbonyl (C=O) groups excluding carboxylic acids is 1. The van der Waals surface area contributed by atoms with Crippen LogP contribution in [-0.2, 0) is 4.79 Å². The Morgan fingerprint density at radius 3 is 2.65 bits per heavy atom. The number of thioether (sulfide) groups is 1. The monoisotopic (exact) mass is 335 g/mol. The minimum absolute atomic E-state index is 0. The van der Waals surface area contributed by atoms with Crippen LogP contribution in [0.4, 0.5) is 5.69 Å². The number of hydrogen-bond acceptors (Lipinski definition) is 8. The number of fused-ring (bicyclic) bond motifs is 1. The summed E-state index contributed by atoms with van der Waals surface area (Å²) < 4.78 is 8.38. The minimum atomic E-state index is -0.528. The molecule has 7 nitrogen and oxygen atoms in total. The van der Waals surface area contributed by atoms with Gasteiger partial charge in [0.15, 0.2) is 5.52 Å². The van der Waals surface area contributed by atoms with Gasteiger partial charge in [0.2, 0.25) is 5.91 Å². The molecular formula is C9H4N4NaO3S3+. The fourth-order valence-corrected chi connectivity index (χ4v) is 3.61. The molecule has 1 N–H and O–H groups in total. The third-order valence-electron chi connectivity index (χ3n) is 2.59. The molecule has 1 atom stereocenters. The smallest absolute Gasteiger partial charge is 0.310 e. The first-order valence-corrected chi connectivity index (χ1v) is 7.01. The molecule has 1 amide bonds. The Morgan fingerprint density at radius 1 is 1.35 bits per heavy atom. The van der Waals surface area contributed by atoms with Crippen molar-refractivity contribution in [3.63, 3.8) is 0 Å². The summed E-state index contributed by atoms with van der Waals surface area (Å²) in [7, 11) is 0. The van der Waals surface area contributed by atoms with E-state index in [-0.39, 0.29) is 46.7 Å². The van der Waals surface area contributed by atoms with E-state index in [4.69, 9.17) is 12.2 Å². The van der Waals surface area contributed by atoms with E-state index in [0.29, 0.717) is 15.4 Å². The van der Waals surface area contributed by atoms with Gasteiger partial charge in [0.05, 0.1) is 16.7 Å². The van der Waals surface area contributed by atoms with Crippen molar-refractivity contribution in [1.82, 2.24) is 14.1 Å². The SMILES string of the molecule is O=C1NC(=S)SC1c1ccc([N+](=O)[O-])c2nsnc12.[Na+]. The van der Waals surface area contributed by atoms with Crippen molar-refractivity contribution in [2.45, 2.75) is 5.25 Å². The van der Waals surface area contributed by atoms with Crippen molar-refractivity contribution >= 4 is 62.7 Å². The second-order valence-corrected chi connectivity index (χ2v) is 5.98. The van der Waals surface area contributed by atoms with Gasteiger partial charge in [0, 0.05) is 11.6 Å². The quantitative estimate of drug-likeness (QED) is 0.318. The molecular weight excluding hydrogens is 331 g/mol. The maximum absolute atomic E-state index is 11.8. The van der Waals surface area contributed by atoms with Gasteiger partial charge in [-0.05, 0) is 6.07 Å². The van der Waals surface area contributed by atoms with Crippen LogP contribution in [0, 0.1) is 10.1 Å². The number of benzene rings is 1. The van der Waals surface area contributed by atoms with E-state index < -0.39 is 10.2 Å². The summed E-state index contributed by atoms with van der Waals surface area (Å²) in [5.41, 5.74) is 1.07. The number of non-ortho nitro benzene ring substituents is 1. The first kappa shape index (κ1) is 15.7. The van der Waals surface area contributed by atoms with Crippen LogP contribution in [-0.4, -0.2) is 23.9 Å². The Bertz CT molecular complexity index is 734. The average molecular weight is 335 g/mol. The summed E-state index contributed by atoms with van der Waals surface area (Å²) >= 11 is 7.01. The summed E-state index contributed by atoms with van der Waals surface area (Å²) in [5.74, 6) is -0.238.